The lowest BCUT2D eigenvalue weighted by Gasteiger charge is -2.48. The highest BCUT2D eigenvalue weighted by molar-refractivity contribution is 5.63. The van der Waals surface area contributed by atoms with E-state index in [-0.39, 0.29) is 24.2 Å². The average molecular weight is 398 g/mol. The molecule has 2 aromatic rings. The number of alkyl halides is 3. The first-order valence-corrected chi connectivity index (χ1v) is 10.4. The third-order valence-corrected chi connectivity index (χ3v) is 7.22. The molecule has 1 aromatic carbocycles. The molecule has 1 aromatic heterocycles. The third-order valence-electron chi connectivity index (χ3n) is 7.22. The first kappa shape index (κ1) is 18.7. The number of hydrogen-bond acceptors (Lipinski definition) is 1. The zero-order chi connectivity index (χ0) is 20.4. The van der Waals surface area contributed by atoms with Gasteiger partial charge in [0.2, 0.25) is 0 Å². The minimum absolute atomic E-state index is 0.0474. The molecule has 0 spiro atoms. The van der Waals surface area contributed by atoms with Crippen LogP contribution < -0.4 is 0 Å². The lowest BCUT2D eigenvalue weighted by atomic mass is 9.56. The fourth-order valence-electron chi connectivity index (χ4n) is 5.58. The van der Waals surface area contributed by atoms with Crippen LogP contribution in [0.4, 0.5) is 13.2 Å². The summed E-state index contributed by atoms with van der Waals surface area (Å²) >= 11 is 0. The first-order valence-electron chi connectivity index (χ1n) is 10.4. The summed E-state index contributed by atoms with van der Waals surface area (Å²) in [5.41, 5.74) is 6.93. The van der Waals surface area contributed by atoms with Crippen LogP contribution >= 0.6 is 0 Å². The van der Waals surface area contributed by atoms with E-state index >= 15 is 0 Å². The Bertz CT molecular complexity index is 1010. The number of halogens is 3. The molecule has 0 bridgehead atoms. The van der Waals surface area contributed by atoms with E-state index in [2.05, 4.69) is 49.3 Å². The molecular weight excluding hydrogens is 373 g/mol. The monoisotopic (exact) mass is 398 g/mol. The van der Waals surface area contributed by atoms with Crippen LogP contribution in [0, 0.1) is 24.2 Å². The van der Waals surface area contributed by atoms with Gasteiger partial charge in [0.1, 0.15) is 0 Å². The van der Waals surface area contributed by atoms with Crippen LogP contribution in [0.5, 0.6) is 0 Å². The summed E-state index contributed by atoms with van der Waals surface area (Å²) in [6.45, 7) is 4.28. The molecule has 3 aliphatic rings. The van der Waals surface area contributed by atoms with Crippen LogP contribution in [0.15, 0.2) is 47.7 Å². The molecule has 2 nitrogen and oxygen atoms in total. The van der Waals surface area contributed by atoms with Crippen molar-refractivity contribution in [3.63, 3.8) is 0 Å². The highest BCUT2D eigenvalue weighted by Gasteiger charge is 2.49. The van der Waals surface area contributed by atoms with Gasteiger partial charge in [0.15, 0.2) is 0 Å². The number of rotatable bonds is 1. The van der Waals surface area contributed by atoms with E-state index in [0.29, 0.717) is 0 Å². The number of aromatic nitrogens is 2. The van der Waals surface area contributed by atoms with Crippen molar-refractivity contribution >= 4 is 6.08 Å². The lowest BCUT2D eigenvalue weighted by Crippen LogP contribution is -2.39. The average Bonchev–Trinajstić information content (AvgIpc) is 3.07. The number of nitrogens with zero attached hydrogens (tertiary/aromatic N) is 2. The number of benzene rings is 1. The van der Waals surface area contributed by atoms with E-state index in [1.165, 1.54) is 22.3 Å². The van der Waals surface area contributed by atoms with Crippen molar-refractivity contribution in [3.8, 4) is 5.69 Å². The molecule has 0 N–H and O–H groups in total. The van der Waals surface area contributed by atoms with Gasteiger partial charge in [-0.1, -0.05) is 41.8 Å². The first-order chi connectivity index (χ1) is 13.8. The second-order valence-corrected chi connectivity index (χ2v) is 9.09. The Hall–Kier alpha value is -2.30. The van der Waals surface area contributed by atoms with E-state index in [9.17, 15) is 13.2 Å². The standard InChI is InChI=1S/C24H25F3N2/c1-15-3-8-20(9-4-15)29-22-12-18-6-5-16-11-19(24(25,26)27)7-10-21(16)23(18,2)13-17(22)14-28-29/h3-4,8-10,12,14,16,19H,5-7,11,13H2,1-2H3/t16-,19-,23+/m1/s1. The predicted octanol–water partition coefficient (Wildman–Crippen LogP) is 6.44. The second kappa shape index (κ2) is 6.35. The van der Waals surface area contributed by atoms with Crippen molar-refractivity contribution < 1.29 is 13.2 Å². The van der Waals surface area contributed by atoms with Gasteiger partial charge in [-0.25, -0.2) is 4.68 Å². The number of hydrogen-bond donors (Lipinski definition) is 0. The van der Waals surface area contributed by atoms with Crippen LogP contribution in [-0.4, -0.2) is 16.0 Å². The molecule has 152 valence electrons. The summed E-state index contributed by atoms with van der Waals surface area (Å²) in [6.07, 6.45) is 4.86. The van der Waals surface area contributed by atoms with Gasteiger partial charge in [0, 0.05) is 5.41 Å². The fourth-order valence-corrected chi connectivity index (χ4v) is 5.58. The van der Waals surface area contributed by atoms with Gasteiger partial charge in [-0.3, -0.25) is 0 Å². The van der Waals surface area contributed by atoms with Crippen LogP contribution in [0.2, 0.25) is 0 Å². The summed E-state index contributed by atoms with van der Waals surface area (Å²) in [5, 5.41) is 4.64. The van der Waals surface area contributed by atoms with Crippen molar-refractivity contribution in [2.45, 2.75) is 52.1 Å². The third kappa shape index (κ3) is 2.97. The quantitative estimate of drug-likeness (QED) is 0.506. The molecule has 0 aliphatic heterocycles. The van der Waals surface area contributed by atoms with Gasteiger partial charge in [-0.15, -0.1) is 0 Å². The van der Waals surface area contributed by atoms with Gasteiger partial charge in [-0.2, -0.15) is 18.3 Å². The van der Waals surface area contributed by atoms with Crippen molar-refractivity contribution in [2.24, 2.45) is 17.3 Å². The molecule has 1 fully saturated rings. The van der Waals surface area contributed by atoms with Crippen molar-refractivity contribution in [1.82, 2.24) is 9.78 Å². The Morgan fingerprint density at radius 1 is 1.17 bits per heavy atom. The molecule has 3 atom stereocenters. The smallest absolute Gasteiger partial charge is 0.233 e. The molecule has 0 saturated heterocycles. The molecule has 5 rings (SSSR count). The van der Waals surface area contributed by atoms with Gasteiger partial charge in [0.25, 0.3) is 0 Å². The Morgan fingerprint density at radius 3 is 2.66 bits per heavy atom. The number of allylic oxidation sites excluding steroid dienone is 3. The van der Waals surface area contributed by atoms with Crippen LogP contribution in [0.3, 0.4) is 0 Å². The molecule has 29 heavy (non-hydrogen) atoms. The minimum atomic E-state index is -4.09. The van der Waals surface area contributed by atoms with Crippen LogP contribution in [0.25, 0.3) is 11.8 Å². The van der Waals surface area contributed by atoms with Crippen molar-refractivity contribution in [1.29, 1.82) is 0 Å². The van der Waals surface area contributed by atoms with E-state index in [1.807, 2.05) is 17.0 Å². The maximum atomic E-state index is 13.3. The molecule has 5 heteroatoms. The molecule has 0 unspecified atom stereocenters. The molecular formula is C24H25F3N2. The molecule has 0 amide bonds. The maximum absolute atomic E-state index is 13.3. The van der Waals surface area contributed by atoms with Crippen LogP contribution in [0.1, 0.15) is 49.4 Å². The second-order valence-electron chi connectivity index (χ2n) is 9.09. The number of aryl methyl sites for hydroxylation is 1. The van der Waals surface area contributed by atoms with Gasteiger partial charge >= 0.3 is 6.18 Å². The Morgan fingerprint density at radius 2 is 1.93 bits per heavy atom. The van der Waals surface area contributed by atoms with E-state index in [0.717, 1.165) is 30.6 Å². The molecule has 3 aliphatic carbocycles. The van der Waals surface area contributed by atoms with E-state index < -0.39 is 12.1 Å². The largest absolute Gasteiger partial charge is 0.392 e. The zero-order valence-electron chi connectivity index (χ0n) is 16.8. The van der Waals surface area contributed by atoms with E-state index in [4.69, 9.17) is 0 Å². The van der Waals surface area contributed by atoms with E-state index in [1.54, 1.807) is 0 Å². The summed E-state index contributed by atoms with van der Waals surface area (Å²) in [6, 6.07) is 8.32. The fraction of sp³-hybridized carbons (Fsp3) is 0.458. The summed E-state index contributed by atoms with van der Waals surface area (Å²) < 4.78 is 41.8. The highest BCUT2D eigenvalue weighted by Crippen LogP contribution is 2.56. The summed E-state index contributed by atoms with van der Waals surface area (Å²) in [7, 11) is 0. The topological polar surface area (TPSA) is 17.8 Å². The van der Waals surface area contributed by atoms with Crippen molar-refractivity contribution in [3.05, 3.63) is 64.5 Å². The summed E-state index contributed by atoms with van der Waals surface area (Å²) in [5.74, 6) is -1.14. The minimum Gasteiger partial charge on any atom is -0.233 e. The molecule has 1 saturated carbocycles. The zero-order valence-corrected chi connectivity index (χ0v) is 16.8. The highest BCUT2D eigenvalue weighted by atomic mass is 19.4. The summed E-state index contributed by atoms with van der Waals surface area (Å²) in [4.78, 5) is 0. The predicted molar refractivity (Wildman–Crippen MR) is 108 cm³/mol. The maximum Gasteiger partial charge on any atom is 0.392 e. The Balaban J connectivity index is 1.51. The lowest BCUT2D eigenvalue weighted by molar-refractivity contribution is -0.179. The van der Waals surface area contributed by atoms with Gasteiger partial charge in [0.05, 0.1) is 23.5 Å². The number of fused-ring (bicyclic) bond motifs is 4. The molecule has 0 radical (unpaired) electrons. The Kier molecular flexibility index (Phi) is 4.10. The molecule has 1 heterocycles. The van der Waals surface area contributed by atoms with Gasteiger partial charge < -0.3 is 0 Å². The Labute approximate surface area is 169 Å². The van der Waals surface area contributed by atoms with Crippen LogP contribution in [-0.2, 0) is 6.42 Å². The SMILES string of the molecule is Cc1ccc(-n2ncc3c2C=C2CC[C@@H]4C[C@H](C(F)(F)F)CC=C4[C@@]2(C)C3)cc1. The van der Waals surface area contributed by atoms with Crippen molar-refractivity contribution in [2.75, 3.05) is 0 Å². The van der Waals surface area contributed by atoms with Gasteiger partial charge in [-0.05, 0) is 68.7 Å². The normalized spacial score (nSPS) is 28.7.